The van der Waals surface area contributed by atoms with E-state index >= 15 is 0 Å². The van der Waals surface area contributed by atoms with Gasteiger partial charge >= 0.3 is 0 Å². The lowest BCUT2D eigenvalue weighted by molar-refractivity contribution is -0.143. The van der Waals surface area contributed by atoms with Crippen molar-refractivity contribution in [2.75, 3.05) is 26.8 Å². The van der Waals surface area contributed by atoms with Crippen LogP contribution in [0.5, 0.6) is 0 Å². The Morgan fingerprint density at radius 3 is 2.89 bits per heavy atom. The van der Waals surface area contributed by atoms with Crippen molar-refractivity contribution < 1.29 is 14.3 Å². The van der Waals surface area contributed by atoms with Crippen LogP contribution >= 0.6 is 0 Å². The molecule has 0 radical (unpaired) electrons. The summed E-state index contributed by atoms with van der Waals surface area (Å²) in [7, 11) is 1.74. The molecule has 2 saturated heterocycles. The molecule has 3 aliphatic rings. The van der Waals surface area contributed by atoms with Gasteiger partial charge in [-0.1, -0.05) is 12.2 Å². The molecule has 19 heavy (non-hydrogen) atoms. The van der Waals surface area contributed by atoms with Gasteiger partial charge in [0.05, 0.1) is 18.3 Å². The lowest BCUT2D eigenvalue weighted by atomic mass is 9.88. The number of hydrogen-bond acceptors (Lipinski definition) is 3. The van der Waals surface area contributed by atoms with Crippen LogP contribution in [0.1, 0.15) is 32.1 Å². The largest absolute Gasteiger partial charge is 0.379 e. The number of hydrogen-bond donors (Lipinski definition) is 0. The number of piperidine rings is 1. The summed E-state index contributed by atoms with van der Waals surface area (Å²) in [5.74, 6) is 0.489. The summed E-state index contributed by atoms with van der Waals surface area (Å²) < 4.78 is 11.4. The Morgan fingerprint density at radius 1 is 1.42 bits per heavy atom. The van der Waals surface area contributed by atoms with Gasteiger partial charge in [0.25, 0.3) is 0 Å². The zero-order valence-electron chi connectivity index (χ0n) is 11.6. The molecule has 4 heteroatoms. The number of allylic oxidation sites excluding steroid dienone is 2. The molecule has 2 atom stereocenters. The van der Waals surface area contributed by atoms with Gasteiger partial charge in [-0.3, -0.25) is 4.79 Å². The van der Waals surface area contributed by atoms with Gasteiger partial charge in [0.1, 0.15) is 0 Å². The third kappa shape index (κ3) is 2.56. The lowest BCUT2D eigenvalue weighted by Crippen LogP contribution is -2.51. The van der Waals surface area contributed by atoms with E-state index in [-0.39, 0.29) is 17.6 Å². The first-order valence-corrected chi connectivity index (χ1v) is 7.33. The molecule has 0 unspecified atom stereocenters. The molecule has 2 fully saturated rings. The minimum Gasteiger partial charge on any atom is -0.379 e. The molecule has 3 rings (SSSR count). The van der Waals surface area contributed by atoms with Crippen LogP contribution in [0.3, 0.4) is 0 Å². The van der Waals surface area contributed by atoms with Gasteiger partial charge in [-0.25, -0.2) is 0 Å². The molecule has 0 saturated carbocycles. The van der Waals surface area contributed by atoms with Crippen LogP contribution in [-0.2, 0) is 14.3 Å². The summed E-state index contributed by atoms with van der Waals surface area (Å²) in [6.07, 6.45) is 9.28. The van der Waals surface area contributed by atoms with Gasteiger partial charge in [-0.2, -0.15) is 0 Å². The topological polar surface area (TPSA) is 38.8 Å². The van der Waals surface area contributed by atoms with Crippen LogP contribution in [0.2, 0.25) is 0 Å². The summed E-state index contributed by atoms with van der Waals surface area (Å²) >= 11 is 0. The average molecular weight is 265 g/mol. The maximum absolute atomic E-state index is 12.5. The fourth-order valence-electron chi connectivity index (χ4n) is 3.60. The number of carbonyl (C=O) groups is 1. The lowest BCUT2D eigenvalue weighted by Gasteiger charge is -2.40. The monoisotopic (exact) mass is 265 g/mol. The smallest absolute Gasteiger partial charge is 0.226 e. The standard InChI is InChI=1S/C15H23NO3/c1-18-13-9-15(19-10-13)7-4-8-16(11-15)14(17)12-5-2-3-6-12/h2-3,12-13H,4-11H2,1H3/t13-,15+/m1/s1. The van der Waals surface area contributed by atoms with E-state index in [1.165, 1.54) is 0 Å². The predicted molar refractivity (Wildman–Crippen MR) is 71.8 cm³/mol. The molecule has 1 spiro atoms. The highest BCUT2D eigenvalue weighted by Crippen LogP contribution is 2.36. The number of likely N-dealkylation sites (tertiary alicyclic amines) is 1. The van der Waals surface area contributed by atoms with E-state index in [4.69, 9.17) is 9.47 Å². The second-order valence-corrected chi connectivity index (χ2v) is 6.06. The number of methoxy groups -OCH3 is 1. The van der Waals surface area contributed by atoms with E-state index in [1.54, 1.807) is 7.11 Å². The SMILES string of the molecule is CO[C@H]1CO[C@@]2(CCCN(C(=O)C3CC=CC3)C2)C1. The molecule has 0 aromatic rings. The molecule has 4 nitrogen and oxygen atoms in total. The highest BCUT2D eigenvalue weighted by atomic mass is 16.6. The van der Waals surface area contributed by atoms with Crippen molar-refractivity contribution in [1.29, 1.82) is 0 Å². The first kappa shape index (κ1) is 13.1. The van der Waals surface area contributed by atoms with Crippen LogP contribution in [-0.4, -0.2) is 49.3 Å². The van der Waals surface area contributed by atoms with Crippen molar-refractivity contribution in [2.24, 2.45) is 5.92 Å². The highest BCUT2D eigenvalue weighted by molar-refractivity contribution is 5.79. The summed E-state index contributed by atoms with van der Waals surface area (Å²) in [5, 5.41) is 0. The summed E-state index contributed by atoms with van der Waals surface area (Å²) in [6.45, 7) is 2.31. The number of amides is 1. The Balaban J connectivity index is 1.63. The van der Waals surface area contributed by atoms with E-state index in [1.807, 2.05) is 4.90 Å². The predicted octanol–water partition coefficient (Wildman–Crippen LogP) is 1.75. The number of nitrogens with zero attached hydrogens (tertiary/aromatic N) is 1. The van der Waals surface area contributed by atoms with Crippen molar-refractivity contribution in [2.45, 2.75) is 43.8 Å². The van der Waals surface area contributed by atoms with Gasteiger partial charge in [0.15, 0.2) is 0 Å². The van der Waals surface area contributed by atoms with Gasteiger partial charge in [-0.05, 0) is 25.7 Å². The Morgan fingerprint density at radius 2 is 2.21 bits per heavy atom. The van der Waals surface area contributed by atoms with Crippen molar-refractivity contribution in [3.63, 3.8) is 0 Å². The second kappa shape index (κ2) is 5.25. The molecule has 2 aliphatic heterocycles. The van der Waals surface area contributed by atoms with E-state index in [0.29, 0.717) is 12.5 Å². The van der Waals surface area contributed by atoms with Crippen LogP contribution in [0.25, 0.3) is 0 Å². The summed E-state index contributed by atoms with van der Waals surface area (Å²) in [6, 6.07) is 0. The molecule has 0 bridgehead atoms. The molecule has 106 valence electrons. The molecule has 0 N–H and O–H groups in total. The molecule has 1 amide bonds. The van der Waals surface area contributed by atoms with Crippen molar-refractivity contribution in [1.82, 2.24) is 4.90 Å². The maximum atomic E-state index is 12.5. The van der Waals surface area contributed by atoms with Crippen molar-refractivity contribution >= 4 is 5.91 Å². The fraction of sp³-hybridized carbons (Fsp3) is 0.800. The molecule has 2 heterocycles. The zero-order chi connectivity index (χ0) is 13.3. The quantitative estimate of drug-likeness (QED) is 0.714. The fourth-order valence-corrected chi connectivity index (χ4v) is 3.60. The first-order valence-electron chi connectivity index (χ1n) is 7.33. The molecule has 1 aliphatic carbocycles. The Kier molecular flexibility index (Phi) is 3.63. The Bertz CT molecular complexity index is 374. The maximum Gasteiger partial charge on any atom is 0.226 e. The molecule has 0 aromatic heterocycles. The van der Waals surface area contributed by atoms with Gasteiger partial charge < -0.3 is 14.4 Å². The number of carbonyl (C=O) groups excluding carboxylic acids is 1. The third-order valence-corrected chi connectivity index (χ3v) is 4.72. The zero-order valence-corrected chi connectivity index (χ0v) is 11.6. The van der Waals surface area contributed by atoms with Crippen LogP contribution in [0.4, 0.5) is 0 Å². The third-order valence-electron chi connectivity index (χ3n) is 4.72. The van der Waals surface area contributed by atoms with Crippen molar-refractivity contribution in [3.8, 4) is 0 Å². The summed E-state index contributed by atoms with van der Waals surface area (Å²) in [4.78, 5) is 14.5. The minimum atomic E-state index is -0.138. The van der Waals surface area contributed by atoms with Crippen LogP contribution in [0, 0.1) is 5.92 Å². The first-order chi connectivity index (χ1) is 9.22. The van der Waals surface area contributed by atoms with Crippen LogP contribution in [0.15, 0.2) is 12.2 Å². The second-order valence-electron chi connectivity index (χ2n) is 6.06. The van der Waals surface area contributed by atoms with Crippen molar-refractivity contribution in [3.05, 3.63) is 12.2 Å². The van der Waals surface area contributed by atoms with Gasteiger partial charge in [-0.15, -0.1) is 0 Å². The molecular formula is C15H23NO3. The average Bonchev–Trinajstić information content (AvgIpc) is 3.08. The van der Waals surface area contributed by atoms with Gasteiger partial charge in [0, 0.05) is 32.5 Å². The van der Waals surface area contributed by atoms with E-state index in [9.17, 15) is 4.79 Å². The number of ether oxygens (including phenoxy) is 2. The van der Waals surface area contributed by atoms with Gasteiger partial charge in [0.2, 0.25) is 5.91 Å². The van der Waals surface area contributed by atoms with E-state index in [0.717, 1.165) is 45.2 Å². The normalized spacial score (nSPS) is 35.4. The highest BCUT2D eigenvalue weighted by Gasteiger charge is 2.45. The minimum absolute atomic E-state index is 0.138. The Labute approximate surface area is 114 Å². The van der Waals surface area contributed by atoms with Crippen LogP contribution < -0.4 is 0 Å². The molecular weight excluding hydrogens is 242 g/mol. The summed E-state index contributed by atoms with van der Waals surface area (Å²) in [5.41, 5.74) is -0.138. The molecule has 0 aromatic carbocycles. The van der Waals surface area contributed by atoms with E-state index in [2.05, 4.69) is 12.2 Å². The number of rotatable bonds is 2. The van der Waals surface area contributed by atoms with E-state index < -0.39 is 0 Å². The Hall–Kier alpha value is -0.870.